The Morgan fingerprint density at radius 1 is 1.33 bits per heavy atom. The number of halogens is 1. The fourth-order valence-electron chi connectivity index (χ4n) is 2.39. The van der Waals surface area contributed by atoms with Crippen LogP contribution in [0.3, 0.4) is 0 Å². The molecule has 24 heavy (non-hydrogen) atoms. The molecule has 0 aliphatic carbocycles. The average molecular weight is 344 g/mol. The van der Waals surface area contributed by atoms with Crippen LogP contribution in [0.25, 0.3) is 5.65 Å². The minimum atomic E-state index is 0.238. The first kappa shape index (κ1) is 16.3. The molecular weight excluding hydrogens is 326 g/mol. The first-order valence-corrected chi connectivity index (χ1v) is 7.87. The fraction of sp³-hybridized carbons (Fsp3) is 0.235. The Bertz CT molecular complexity index is 932. The second-order valence-corrected chi connectivity index (χ2v) is 6.02. The highest BCUT2D eigenvalue weighted by atomic mass is 35.5. The van der Waals surface area contributed by atoms with Crippen LogP contribution in [0.15, 0.2) is 35.6 Å². The Labute approximate surface area is 144 Å². The van der Waals surface area contributed by atoms with Crippen molar-refractivity contribution in [2.24, 2.45) is 10.9 Å². The van der Waals surface area contributed by atoms with E-state index in [1.165, 1.54) is 0 Å². The van der Waals surface area contributed by atoms with E-state index in [4.69, 9.17) is 22.2 Å². The Morgan fingerprint density at radius 3 is 2.88 bits per heavy atom. The topological polar surface area (TPSA) is 77.8 Å². The van der Waals surface area contributed by atoms with E-state index in [0.717, 1.165) is 22.5 Å². The van der Waals surface area contributed by atoms with E-state index in [0.29, 0.717) is 16.2 Å². The number of amidine groups is 1. The van der Waals surface area contributed by atoms with E-state index >= 15 is 0 Å². The molecule has 0 saturated heterocycles. The second kappa shape index (κ2) is 6.49. The second-order valence-electron chi connectivity index (χ2n) is 5.58. The molecule has 0 saturated carbocycles. The van der Waals surface area contributed by atoms with Crippen molar-refractivity contribution in [3.63, 3.8) is 0 Å². The number of aromatic nitrogens is 3. The third-order valence-electron chi connectivity index (χ3n) is 3.98. The van der Waals surface area contributed by atoms with Crippen molar-refractivity contribution in [2.75, 3.05) is 0 Å². The number of rotatable bonds is 4. The van der Waals surface area contributed by atoms with Crippen LogP contribution >= 0.6 is 11.6 Å². The van der Waals surface area contributed by atoms with Crippen molar-refractivity contribution in [3.05, 3.63) is 63.6 Å². The van der Waals surface area contributed by atoms with Crippen LogP contribution < -0.4 is 5.73 Å². The van der Waals surface area contributed by atoms with Crippen LogP contribution in [0.5, 0.6) is 0 Å². The van der Waals surface area contributed by atoms with Gasteiger partial charge in [-0.15, -0.1) is 0 Å². The van der Waals surface area contributed by atoms with Gasteiger partial charge in [0.25, 0.3) is 0 Å². The van der Waals surface area contributed by atoms with E-state index in [1.54, 1.807) is 16.8 Å². The molecule has 3 aromatic rings. The van der Waals surface area contributed by atoms with Gasteiger partial charge in [-0.2, -0.15) is 5.10 Å². The smallest absolute Gasteiger partial charge is 0.175 e. The molecule has 0 aliphatic heterocycles. The highest BCUT2D eigenvalue weighted by Gasteiger charge is 2.14. The molecule has 0 unspecified atom stereocenters. The molecule has 2 aromatic heterocycles. The summed E-state index contributed by atoms with van der Waals surface area (Å²) in [4.78, 5) is 9.89. The molecule has 0 bridgehead atoms. The van der Waals surface area contributed by atoms with Crippen LogP contribution in [0.4, 0.5) is 0 Å². The summed E-state index contributed by atoms with van der Waals surface area (Å²) in [5.74, 6) is 0.238. The van der Waals surface area contributed by atoms with Crippen molar-refractivity contribution in [3.8, 4) is 0 Å². The van der Waals surface area contributed by atoms with Gasteiger partial charge in [0.2, 0.25) is 0 Å². The Kier molecular flexibility index (Phi) is 4.40. The summed E-state index contributed by atoms with van der Waals surface area (Å²) in [6, 6.07) is 7.39. The minimum Gasteiger partial charge on any atom is -0.389 e. The number of hydrogen-bond acceptors (Lipinski definition) is 4. The van der Waals surface area contributed by atoms with Gasteiger partial charge < -0.3 is 10.6 Å². The van der Waals surface area contributed by atoms with Crippen molar-refractivity contribution in [1.29, 1.82) is 0 Å². The third-order valence-corrected chi connectivity index (χ3v) is 4.21. The van der Waals surface area contributed by atoms with Gasteiger partial charge in [-0.3, -0.25) is 0 Å². The average Bonchev–Trinajstić information content (AvgIpc) is 2.96. The maximum Gasteiger partial charge on any atom is 0.175 e. The monoisotopic (exact) mass is 343 g/mol. The van der Waals surface area contributed by atoms with Gasteiger partial charge in [0.05, 0.1) is 11.8 Å². The quantitative estimate of drug-likeness (QED) is 0.448. The lowest BCUT2D eigenvalue weighted by atomic mass is 10.2. The van der Waals surface area contributed by atoms with Gasteiger partial charge >= 0.3 is 0 Å². The van der Waals surface area contributed by atoms with Crippen molar-refractivity contribution in [1.82, 2.24) is 14.6 Å². The lowest BCUT2D eigenvalue weighted by Crippen LogP contribution is -2.14. The molecule has 3 rings (SSSR count). The molecule has 0 radical (unpaired) electrons. The van der Waals surface area contributed by atoms with Gasteiger partial charge in [-0.25, -0.2) is 9.50 Å². The molecule has 2 heterocycles. The largest absolute Gasteiger partial charge is 0.389 e. The first-order chi connectivity index (χ1) is 11.5. The highest BCUT2D eigenvalue weighted by Crippen LogP contribution is 2.16. The molecular formula is C17H18ClN5O. The number of oxime groups is 1. The van der Waals surface area contributed by atoms with Gasteiger partial charge in [-0.05, 0) is 44.0 Å². The maximum atomic E-state index is 6.04. The number of nitrogens with two attached hydrogens (primary N) is 1. The van der Waals surface area contributed by atoms with E-state index in [1.807, 2.05) is 39.0 Å². The standard InChI is InChI=1S/C17H18ClN5O/c1-10-11(2)21-17-15(8-20-23(17)12(10)3)16(19)22-24-9-13-5-4-6-14(18)7-13/h4-8H,9H2,1-3H3,(H2,19,22). The Morgan fingerprint density at radius 2 is 2.12 bits per heavy atom. The normalized spacial score (nSPS) is 11.9. The zero-order valence-electron chi connectivity index (χ0n) is 13.7. The van der Waals surface area contributed by atoms with E-state index in [-0.39, 0.29) is 12.4 Å². The molecule has 0 fully saturated rings. The lowest BCUT2D eigenvalue weighted by molar-refractivity contribution is 0.130. The third kappa shape index (κ3) is 3.05. The van der Waals surface area contributed by atoms with Gasteiger partial charge in [0, 0.05) is 16.4 Å². The summed E-state index contributed by atoms with van der Waals surface area (Å²) >= 11 is 5.94. The minimum absolute atomic E-state index is 0.238. The summed E-state index contributed by atoms with van der Waals surface area (Å²) < 4.78 is 1.76. The number of aryl methyl sites for hydroxylation is 2. The highest BCUT2D eigenvalue weighted by molar-refractivity contribution is 6.30. The molecule has 2 N–H and O–H groups in total. The zero-order valence-corrected chi connectivity index (χ0v) is 14.5. The summed E-state index contributed by atoms with van der Waals surface area (Å²) in [7, 11) is 0. The van der Waals surface area contributed by atoms with Crippen LogP contribution in [0.1, 0.15) is 28.1 Å². The maximum absolute atomic E-state index is 6.04. The summed E-state index contributed by atoms with van der Waals surface area (Å²) in [6.45, 7) is 6.26. The first-order valence-electron chi connectivity index (χ1n) is 7.49. The summed E-state index contributed by atoms with van der Waals surface area (Å²) in [5, 5.41) is 8.97. The Hall–Kier alpha value is -2.60. The molecule has 124 valence electrons. The van der Waals surface area contributed by atoms with Crippen LogP contribution in [0.2, 0.25) is 5.02 Å². The Balaban J connectivity index is 1.84. The van der Waals surface area contributed by atoms with Crippen molar-refractivity contribution in [2.45, 2.75) is 27.4 Å². The van der Waals surface area contributed by atoms with Gasteiger partial charge in [0.15, 0.2) is 11.5 Å². The van der Waals surface area contributed by atoms with Crippen LogP contribution in [-0.4, -0.2) is 20.4 Å². The van der Waals surface area contributed by atoms with Crippen LogP contribution in [-0.2, 0) is 11.4 Å². The SMILES string of the molecule is Cc1nc2c(/C(N)=N/OCc3cccc(Cl)c3)cnn2c(C)c1C. The lowest BCUT2D eigenvalue weighted by Gasteiger charge is -2.07. The number of fused-ring (bicyclic) bond motifs is 1. The molecule has 0 spiro atoms. The molecule has 1 aromatic carbocycles. The predicted molar refractivity (Wildman–Crippen MR) is 94.2 cm³/mol. The molecule has 0 atom stereocenters. The molecule has 7 heteroatoms. The van der Waals surface area contributed by atoms with Crippen molar-refractivity contribution >= 4 is 23.1 Å². The molecule has 0 aliphatic rings. The number of nitrogens with zero attached hydrogens (tertiary/aromatic N) is 4. The van der Waals surface area contributed by atoms with E-state index < -0.39 is 0 Å². The van der Waals surface area contributed by atoms with E-state index in [2.05, 4.69) is 15.2 Å². The zero-order chi connectivity index (χ0) is 17.3. The van der Waals surface area contributed by atoms with Crippen molar-refractivity contribution < 1.29 is 4.84 Å². The van der Waals surface area contributed by atoms with Crippen LogP contribution in [0, 0.1) is 20.8 Å². The van der Waals surface area contributed by atoms with Gasteiger partial charge in [0.1, 0.15) is 6.61 Å². The fourth-order valence-corrected chi connectivity index (χ4v) is 2.60. The molecule has 6 nitrogen and oxygen atoms in total. The molecule has 0 amide bonds. The van der Waals surface area contributed by atoms with Gasteiger partial charge in [-0.1, -0.05) is 28.9 Å². The summed E-state index contributed by atoms with van der Waals surface area (Å²) in [5.41, 5.74) is 11.3. The number of benzene rings is 1. The summed E-state index contributed by atoms with van der Waals surface area (Å²) in [6.07, 6.45) is 1.65. The van der Waals surface area contributed by atoms with E-state index in [9.17, 15) is 0 Å². The predicted octanol–water partition coefficient (Wildman–Crippen LogP) is 3.15. The number of hydrogen-bond donors (Lipinski definition) is 1.